The van der Waals surface area contributed by atoms with Crippen LogP contribution in [0.15, 0.2) is 65.6 Å². The van der Waals surface area contributed by atoms with Gasteiger partial charge in [0.05, 0.1) is 32.8 Å². The molecule has 0 unspecified atom stereocenters. The first-order valence-electron chi connectivity index (χ1n) is 11.4. The van der Waals surface area contributed by atoms with Gasteiger partial charge in [-0.25, -0.2) is 8.42 Å². The molecule has 0 fully saturated rings. The molecule has 0 aromatic heterocycles. The number of methoxy groups -OCH3 is 3. The van der Waals surface area contributed by atoms with Gasteiger partial charge in [-0.15, -0.1) is 0 Å². The second-order valence-corrected chi connectivity index (χ2v) is 10.8. The van der Waals surface area contributed by atoms with Gasteiger partial charge in [0.2, 0.25) is 21.7 Å². The van der Waals surface area contributed by atoms with E-state index in [1.165, 1.54) is 38.4 Å². The highest BCUT2D eigenvalue weighted by Crippen LogP contribution is 2.38. The topological polar surface area (TPSA) is 85.4 Å². The maximum atomic E-state index is 13.6. The minimum Gasteiger partial charge on any atom is -0.493 e. The van der Waals surface area contributed by atoms with Crippen LogP contribution in [0.25, 0.3) is 0 Å². The second kappa shape index (κ2) is 12.3. The van der Waals surface area contributed by atoms with E-state index in [9.17, 15) is 13.2 Å². The summed E-state index contributed by atoms with van der Waals surface area (Å²) < 4.78 is 44.5. The van der Waals surface area contributed by atoms with E-state index in [0.29, 0.717) is 27.8 Å². The Morgan fingerprint density at radius 2 is 1.49 bits per heavy atom. The van der Waals surface area contributed by atoms with Gasteiger partial charge in [0, 0.05) is 25.2 Å². The average molecular weight is 547 g/mol. The number of sulfonamides is 1. The lowest BCUT2D eigenvalue weighted by atomic mass is 10.1. The van der Waals surface area contributed by atoms with E-state index >= 15 is 0 Å². The van der Waals surface area contributed by atoms with Crippen molar-refractivity contribution in [2.45, 2.75) is 24.9 Å². The highest BCUT2D eigenvalue weighted by molar-refractivity contribution is 7.89. The van der Waals surface area contributed by atoms with Crippen LogP contribution < -0.4 is 14.2 Å². The first kappa shape index (κ1) is 28.3. The molecule has 0 saturated carbocycles. The lowest BCUT2D eigenvalue weighted by Gasteiger charge is -2.26. The molecule has 3 aromatic rings. The minimum absolute atomic E-state index is 0.0559. The van der Waals surface area contributed by atoms with Crippen LogP contribution in [-0.2, 0) is 27.9 Å². The Balaban J connectivity index is 1.88. The fourth-order valence-corrected chi connectivity index (χ4v) is 5.33. The van der Waals surface area contributed by atoms with Crippen LogP contribution in [-0.4, -0.2) is 58.5 Å². The summed E-state index contributed by atoms with van der Waals surface area (Å²) in [6, 6.07) is 17.0. The number of carbonyl (C=O) groups is 1. The number of likely N-dealkylation sites (N-methyl/N-ethyl adjacent to an activating group) is 1. The Hall–Kier alpha value is -3.27. The highest BCUT2D eigenvalue weighted by atomic mass is 35.5. The number of aryl methyl sites for hydroxylation is 1. The van der Waals surface area contributed by atoms with E-state index in [1.807, 2.05) is 6.92 Å². The van der Waals surface area contributed by atoms with Crippen LogP contribution in [0.3, 0.4) is 0 Å². The van der Waals surface area contributed by atoms with Crippen molar-refractivity contribution in [3.63, 3.8) is 0 Å². The summed E-state index contributed by atoms with van der Waals surface area (Å²) in [5.41, 5.74) is 2.25. The number of nitrogens with zero attached hydrogens (tertiary/aromatic N) is 2. The predicted molar refractivity (Wildman–Crippen MR) is 143 cm³/mol. The zero-order chi connectivity index (χ0) is 27.2. The first-order valence-corrected chi connectivity index (χ1v) is 13.3. The van der Waals surface area contributed by atoms with Crippen molar-refractivity contribution in [3.05, 3.63) is 82.4 Å². The summed E-state index contributed by atoms with van der Waals surface area (Å²) >= 11 is 6.32. The Morgan fingerprint density at radius 3 is 2.03 bits per heavy atom. The van der Waals surface area contributed by atoms with E-state index in [0.717, 1.165) is 15.4 Å². The van der Waals surface area contributed by atoms with E-state index in [2.05, 4.69) is 0 Å². The van der Waals surface area contributed by atoms with E-state index < -0.39 is 15.9 Å². The molecule has 8 nitrogen and oxygen atoms in total. The average Bonchev–Trinajstić information content (AvgIpc) is 2.88. The van der Waals surface area contributed by atoms with Crippen molar-refractivity contribution < 1.29 is 27.4 Å². The van der Waals surface area contributed by atoms with Crippen LogP contribution in [0.2, 0.25) is 5.02 Å². The second-order valence-electron chi connectivity index (χ2n) is 8.46. The summed E-state index contributed by atoms with van der Waals surface area (Å²) in [7, 11) is 2.15. The molecular weight excluding hydrogens is 516 g/mol. The summed E-state index contributed by atoms with van der Waals surface area (Å²) in [4.78, 5) is 14.8. The lowest BCUT2D eigenvalue weighted by Crippen LogP contribution is -2.41. The fraction of sp³-hybridized carbons (Fsp3) is 0.296. The summed E-state index contributed by atoms with van der Waals surface area (Å²) in [6.45, 7) is 1.64. The quantitative estimate of drug-likeness (QED) is 0.351. The molecule has 10 heteroatoms. The van der Waals surface area contributed by atoms with Gasteiger partial charge in [-0.3, -0.25) is 4.79 Å². The normalized spacial score (nSPS) is 11.3. The van der Waals surface area contributed by atoms with Crippen molar-refractivity contribution >= 4 is 27.5 Å². The lowest BCUT2D eigenvalue weighted by molar-refractivity contribution is -0.130. The molecule has 0 aliphatic carbocycles. The molecule has 3 rings (SSSR count). The maximum absolute atomic E-state index is 13.6. The fourth-order valence-electron chi connectivity index (χ4n) is 3.76. The van der Waals surface area contributed by atoms with Gasteiger partial charge in [-0.1, -0.05) is 47.5 Å². The van der Waals surface area contributed by atoms with Crippen molar-refractivity contribution in [1.29, 1.82) is 0 Å². The molecule has 37 heavy (non-hydrogen) atoms. The van der Waals surface area contributed by atoms with Gasteiger partial charge in [-0.05, 0) is 48.4 Å². The largest absolute Gasteiger partial charge is 0.493 e. The van der Waals surface area contributed by atoms with Crippen LogP contribution in [0.4, 0.5) is 0 Å². The number of halogens is 1. The Morgan fingerprint density at radius 1 is 0.892 bits per heavy atom. The van der Waals surface area contributed by atoms with Crippen LogP contribution in [0, 0.1) is 6.92 Å². The molecular formula is C27H31ClN2O6S. The standard InChI is InChI=1S/C27H31ClN2O6S/c1-19-10-12-22(13-11-19)37(32,33)30(17-21-8-6-7-9-23(21)28)18-26(31)29(2)16-20-14-24(34-3)27(36-5)25(15-20)35-4/h6-15H,16-18H2,1-5H3. The van der Waals surface area contributed by atoms with Gasteiger partial charge in [-0.2, -0.15) is 4.31 Å². The highest BCUT2D eigenvalue weighted by Gasteiger charge is 2.29. The Kier molecular flexibility index (Phi) is 9.42. The third kappa shape index (κ3) is 6.74. The van der Waals surface area contributed by atoms with Gasteiger partial charge in [0.25, 0.3) is 0 Å². The van der Waals surface area contributed by atoms with Gasteiger partial charge >= 0.3 is 0 Å². The molecule has 0 atom stereocenters. The summed E-state index contributed by atoms with van der Waals surface area (Å²) in [5.74, 6) is 0.967. The molecule has 0 bridgehead atoms. The monoisotopic (exact) mass is 546 g/mol. The molecule has 0 heterocycles. The summed E-state index contributed by atoms with van der Waals surface area (Å²) in [5, 5.41) is 0.421. The Bertz CT molecular complexity index is 1320. The number of ether oxygens (including phenoxy) is 3. The molecule has 0 radical (unpaired) electrons. The molecule has 0 spiro atoms. The molecule has 1 amide bonds. The van der Waals surface area contributed by atoms with Crippen molar-refractivity contribution in [2.24, 2.45) is 0 Å². The zero-order valence-corrected chi connectivity index (χ0v) is 23.1. The number of benzene rings is 3. The van der Waals surface area contributed by atoms with Crippen LogP contribution >= 0.6 is 11.6 Å². The molecule has 0 N–H and O–H groups in total. The molecule has 0 aliphatic heterocycles. The van der Waals surface area contributed by atoms with Gasteiger partial charge in [0.15, 0.2) is 11.5 Å². The van der Waals surface area contributed by atoms with E-state index in [1.54, 1.807) is 55.6 Å². The maximum Gasteiger partial charge on any atom is 0.243 e. The van der Waals surface area contributed by atoms with Crippen molar-refractivity contribution in [2.75, 3.05) is 34.9 Å². The molecule has 198 valence electrons. The van der Waals surface area contributed by atoms with E-state index in [-0.39, 0.29) is 24.5 Å². The molecule has 3 aromatic carbocycles. The third-order valence-electron chi connectivity index (χ3n) is 5.84. The molecule has 0 saturated heterocycles. The smallest absolute Gasteiger partial charge is 0.243 e. The number of hydrogen-bond acceptors (Lipinski definition) is 6. The zero-order valence-electron chi connectivity index (χ0n) is 21.5. The molecule has 0 aliphatic rings. The van der Waals surface area contributed by atoms with Crippen molar-refractivity contribution in [1.82, 2.24) is 9.21 Å². The first-order chi connectivity index (χ1) is 17.6. The van der Waals surface area contributed by atoms with Crippen LogP contribution in [0.1, 0.15) is 16.7 Å². The van der Waals surface area contributed by atoms with Crippen LogP contribution in [0.5, 0.6) is 17.2 Å². The number of carbonyl (C=O) groups excluding carboxylic acids is 1. The SMILES string of the molecule is COc1cc(CN(C)C(=O)CN(Cc2ccccc2Cl)S(=O)(=O)c2ccc(C)cc2)cc(OC)c1OC. The van der Waals surface area contributed by atoms with E-state index in [4.69, 9.17) is 25.8 Å². The number of amides is 1. The van der Waals surface area contributed by atoms with Gasteiger partial charge in [0.1, 0.15) is 0 Å². The Labute approximate surface area is 223 Å². The summed E-state index contributed by atoms with van der Waals surface area (Å²) in [6.07, 6.45) is 0. The van der Waals surface area contributed by atoms with Crippen molar-refractivity contribution in [3.8, 4) is 17.2 Å². The third-order valence-corrected chi connectivity index (χ3v) is 8.02. The number of hydrogen-bond donors (Lipinski definition) is 0. The minimum atomic E-state index is -3.99. The predicted octanol–water partition coefficient (Wildman–Crippen LogP) is 4.52. The van der Waals surface area contributed by atoms with Gasteiger partial charge < -0.3 is 19.1 Å². The number of rotatable bonds is 11.